The third-order valence-electron chi connectivity index (χ3n) is 6.99. The summed E-state index contributed by atoms with van der Waals surface area (Å²) in [6.45, 7) is -2.43. The Bertz CT molecular complexity index is 1730. The Morgan fingerprint density at radius 2 is 1.91 bits per heavy atom. The van der Waals surface area contributed by atoms with Crippen molar-refractivity contribution in [3.63, 3.8) is 0 Å². The van der Waals surface area contributed by atoms with Crippen molar-refractivity contribution in [1.29, 1.82) is 0 Å². The zero-order valence-corrected chi connectivity index (χ0v) is 25.8. The number of nitrogens with two attached hydrogens (primary N) is 1. The maximum Gasteiger partial charge on any atom is 0.330 e. The molecular formula is C24H30N7O12PS. The molecule has 0 saturated carbocycles. The summed E-state index contributed by atoms with van der Waals surface area (Å²) >= 11 is 5.29. The number of aromatic nitrogens is 6. The molecular weight excluding hydrogens is 641 g/mol. The van der Waals surface area contributed by atoms with Crippen LogP contribution in [0.5, 0.6) is 0 Å². The molecule has 0 aromatic carbocycles. The quantitative estimate of drug-likeness (QED) is 0.168. The van der Waals surface area contributed by atoms with Gasteiger partial charge in [0.2, 0.25) is 0 Å². The highest BCUT2D eigenvalue weighted by molar-refractivity contribution is 8.07. The summed E-state index contributed by atoms with van der Waals surface area (Å²) in [5.41, 5.74) is 5.22. The second-order valence-electron chi connectivity index (χ2n) is 10.0. The number of rotatable bonds is 11. The largest absolute Gasteiger partial charge is 0.463 e. The molecule has 5 heterocycles. The lowest BCUT2D eigenvalue weighted by Crippen LogP contribution is -2.40. The fourth-order valence-corrected chi connectivity index (χ4v) is 6.50. The summed E-state index contributed by atoms with van der Waals surface area (Å²) in [5.74, 6) is -1.02. The Balaban J connectivity index is 1.33. The molecule has 3 aromatic heterocycles. The average Bonchev–Trinajstić information content (AvgIpc) is 3.66. The minimum atomic E-state index is -4.14. The topological polar surface area (TPSA) is 243 Å². The van der Waals surface area contributed by atoms with Crippen molar-refractivity contribution in [2.75, 3.05) is 26.1 Å². The lowest BCUT2D eigenvalue weighted by Gasteiger charge is -2.28. The summed E-state index contributed by atoms with van der Waals surface area (Å²) in [5, 5.41) is 0. The molecule has 0 radical (unpaired) electrons. The normalized spacial score (nSPS) is 27.8. The van der Waals surface area contributed by atoms with Crippen molar-refractivity contribution in [3.8, 4) is 0 Å². The molecule has 2 aliphatic heterocycles. The van der Waals surface area contributed by atoms with Crippen LogP contribution in [0.3, 0.4) is 0 Å². The van der Waals surface area contributed by atoms with Gasteiger partial charge in [-0.05, 0) is 11.8 Å². The van der Waals surface area contributed by atoms with E-state index in [0.717, 1.165) is 10.6 Å². The van der Waals surface area contributed by atoms with Gasteiger partial charge in [-0.25, -0.2) is 19.7 Å². The number of methoxy groups -OCH3 is 1. The number of H-pyrrole nitrogens is 1. The highest BCUT2D eigenvalue weighted by Gasteiger charge is 2.50. The van der Waals surface area contributed by atoms with Crippen LogP contribution in [0.4, 0.5) is 5.82 Å². The number of hydrogen-bond acceptors (Lipinski definition) is 16. The first-order valence-corrected chi connectivity index (χ1v) is 16.0. The number of carbonyl (C=O) groups is 2. The number of nitrogens with zero attached hydrogens (tertiary/aromatic N) is 5. The number of aromatic amines is 1. The summed E-state index contributed by atoms with van der Waals surface area (Å²) in [4.78, 5) is 73.1. The molecule has 19 nitrogen and oxygen atoms in total. The van der Waals surface area contributed by atoms with E-state index in [2.05, 4.69) is 19.9 Å². The maximum atomic E-state index is 12.5. The molecule has 0 bridgehead atoms. The van der Waals surface area contributed by atoms with Crippen molar-refractivity contribution in [3.05, 3.63) is 45.8 Å². The summed E-state index contributed by atoms with van der Waals surface area (Å²) in [6, 6.07) is 1.11. The van der Waals surface area contributed by atoms with Gasteiger partial charge in [0, 0.05) is 39.6 Å². The minimum Gasteiger partial charge on any atom is -0.463 e. The number of imidazole rings is 1. The van der Waals surface area contributed by atoms with Crippen LogP contribution in [0.25, 0.3) is 11.2 Å². The molecule has 8 atom stereocenters. The van der Waals surface area contributed by atoms with Crippen LogP contribution in [-0.4, -0.2) is 96.7 Å². The van der Waals surface area contributed by atoms with Crippen molar-refractivity contribution in [2.24, 2.45) is 0 Å². The summed E-state index contributed by atoms with van der Waals surface area (Å²) < 4.78 is 42.3. The summed E-state index contributed by atoms with van der Waals surface area (Å²) in [6.07, 6.45) is -2.85. The zero-order chi connectivity index (χ0) is 32.5. The second-order valence-corrected chi connectivity index (χ2v) is 12.8. The van der Waals surface area contributed by atoms with Crippen molar-refractivity contribution in [1.82, 2.24) is 29.1 Å². The molecule has 2 saturated heterocycles. The molecule has 4 N–H and O–H groups in total. The lowest BCUT2D eigenvalue weighted by atomic mass is 10.1. The van der Waals surface area contributed by atoms with Crippen molar-refractivity contribution >= 4 is 47.4 Å². The van der Waals surface area contributed by atoms with Gasteiger partial charge in [-0.3, -0.25) is 33.0 Å². The number of ether oxygens (including phenoxy) is 5. The van der Waals surface area contributed by atoms with E-state index in [0.29, 0.717) is 11.2 Å². The maximum absolute atomic E-state index is 12.5. The first-order valence-electron chi connectivity index (χ1n) is 13.4. The molecule has 0 aliphatic carbocycles. The number of fused-ring (bicyclic) bond motifs is 1. The van der Waals surface area contributed by atoms with Gasteiger partial charge in [-0.1, -0.05) is 0 Å². The molecule has 2 unspecified atom stereocenters. The Hall–Kier alpha value is -3.62. The van der Waals surface area contributed by atoms with Crippen LogP contribution < -0.4 is 17.0 Å². The smallest absolute Gasteiger partial charge is 0.330 e. The number of nitrogens with one attached hydrogen (secondary N) is 1. The molecule has 244 valence electrons. The molecule has 2 aliphatic rings. The molecule has 21 heteroatoms. The molecule has 3 aromatic rings. The first-order chi connectivity index (χ1) is 21.4. The summed E-state index contributed by atoms with van der Waals surface area (Å²) in [7, 11) is 1.30. The Labute approximate surface area is 258 Å². The van der Waals surface area contributed by atoms with E-state index in [4.69, 9.17) is 50.3 Å². The molecule has 45 heavy (non-hydrogen) atoms. The Morgan fingerprint density at radius 1 is 1.13 bits per heavy atom. The molecule has 0 spiro atoms. The number of anilines is 1. The third-order valence-corrected chi connectivity index (χ3v) is 8.55. The third kappa shape index (κ3) is 7.28. The van der Waals surface area contributed by atoms with Gasteiger partial charge < -0.3 is 38.8 Å². The SMILES string of the molecule is CO[C@H]1C(OP(O)(=S)OC[C@H]2O[C@@H](n3cnc4c(N)ncnc43)C[C@H]2OC(C)=O)[C@@H](COC(C)=O)O[C@H]1n1ccc(=O)[nH]c1=O. The van der Waals surface area contributed by atoms with Crippen LogP contribution >= 0.6 is 6.72 Å². The fourth-order valence-electron chi connectivity index (χ4n) is 5.06. The predicted octanol–water partition coefficient (Wildman–Crippen LogP) is -0.728. The number of esters is 2. The van der Waals surface area contributed by atoms with Gasteiger partial charge in [-0.2, -0.15) is 0 Å². The monoisotopic (exact) mass is 671 g/mol. The number of hydrogen-bond donors (Lipinski definition) is 3. The molecule has 0 amide bonds. The minimum absolute atomic E-state index is 0.177. The second kappa shape index (κ2) is 13.4. The zero-order valence-electron chi connectivity index (χ0n) is 24.1. The number of carbonyl (C=O) groups excluding carboxylic acids is 2. The first kappa shape index (κ1) is 32.8. The van der Waals surface area contributed by atoms with E-state index >= 15 is 0 Å². The van der Waals surface area contributed by atoms with Crippen LogP contribution in [-0.2, 0) is 54.1 Å². The number of nitrogen functional groups attached to an aromatic ring is 1. The van der Waals surface area contributed by atoms with E-state index in [1.54, 1.807) is 4.57 Å². The van der Waals surface area contributed by atoms with E-state index in [-0.39, 0.29) is 25.5 Å². The average molecular weight is 672 g/mol. The van der Waals surface area contributed by atoms with Crippen LogP contribution in [0, 0.1) is 0 Å². The highest BCUT2D eigenvalue weighted by atomic mass is 32.5. The fraction of sp³-hybridized carbons (Fsp3) is 0.542. The lowest BCUT2D eigenvalue weighted by molar-refractivity contribution is -0.150. The van der Waals surface area contributed by atoms with Crippen molar-refractivity contribution in [2.45, 2.75) is 63.2 Å². The van der Waals surface area contributed by atoms with E-state index in [1.165, 1.54) is 39.8 Å². The van der Waals surface area contributed by atoms with E-state index in [9.17, 15) is 24.1 Å². The van der Waals surface area contributed by atoms with Gasteiger partial charge >= 0.3 is 24.3 Å². The van der Waals surface area contributed by atoms with Gasteiger partial charge in [0.25, 0.3) is 5.56 Å². The standard InChI is InChI=1S/C24H30N7O12PS/c1-11(32)38-7-15-19(20(37-3)23(42-15)30-5-4-16(34)29-24(30)35)43-44(36,45)39-8-14-13(40-12(2)33)6-17(41-14)31-10-28-18-21(25)26-9-27-22(18)31/h4-5,9-10,13-15,17,19-20,23H,6-8H2,1-3H3,(H,36,45)(H2,25,26,27)(H,29,34,35)/t13-,14-,15-,17-,19?,20+,23-,44?/m1/s1. The van der Waals surface area contributed by atoms with Crippen LogP contribution in [0.1, 0.15) is 32.7 Å². The van der Waals surface area contributed by atoms with Gasteiger partial charge in [0.05, 0.1) is 12.9 Å². The van der Waals surface area contributed by atoms with Gasteiger partial charge in [0.1, 0.15) is 55.2 Å². The van der Waals surface area contributed by atoms with Gasteiger partial charge in [0.15, 0.2) is 17.7 Å². The Morgan fingerprint density at radius 3 is 2.60 bits per heavy atom. The van der Waals surface area contributed by atoms with Gasteiger partial charge in [-0.15, -0.1) is 0 Å². The van der Waals surface area contributed by atoms with E-state index < -0.39 is 72.9 Å². The predicted molar refractivity (Wildman–Crippen MR) is 154 cm³/mol. The van der Waals surface area contributed by atoms with Crippen LogP contribution in [0.15, 0.2) is 34.5 Å². The molecule has 2 fully saturated rings. The van der Waals surface area contributed by atoms with Crippen LogP contribution in [0.2, 0.25) is 0 Å². The van der Waals surface area contributed by atoms with E-state index in [1.807, 2.05) is 0 Å². The molecule has 5 rings (SSSR count). The highest BCUT2D eigenvalue weighted by Crippen LogP contribution is 2.50. The van der Waals surface area contributed by atoms with Crippen molar-refractivity contribution < 1.29 is 47.2 Å². The Kier molecular flexibility index (Phi) is 9.75.